The molecule has 0 radical (unpaired) electrons. The zero-order chi connectivity index (χ0) is 12.3. The van der Waals surface area contributed by atoms with Crippen LogP contribution in [0.4, 0.5) is 0 Å². The number of nitrogens with two attached hydrogens (primary N) is 1. The zero-order valence-electron chi connectivity index (χ0n) is 10.6. The van der Waals surface area contributed by atoms with Crippen LogP contribution in [0.25, 0.3) is 0 Å². The first kappa shape index (κ1) is 12.5. The molecule has 6 nitrogen and oxygen atoms in total. The van der Waals surface area contributed by atoms with Gasteiger partial charge in [-0.2, -0.15) is 5.10 Å². The Bertz CT molecular complexity index is 347. The van der Waals surface area contributed by atoms with Crippen LogP contribution in [-0.4, -0.2) is 51.9 Å². The fraction of sp³-hybridized carbons (Fsp3) is 0.818. The van der Waals surface area contributed by atoms with E-state index in [9.17, 15) is 0 Å². The van der Waals surface area contributed by atoms with Crippen molar-refractivity contribution in [3.63, 3.8) is 0 Å². The second kappa shape index (κ2) is 5.57. The third-order valence-electron chi connectivity index (χ3n) is 3.23. The van der Waals surface area contributed by atoms with Crippen molar-refractivity contribution in [1.29, 1.82) is 0 Å². The Morgan fingerprint density at radius 2 is 2.41 bits per heavy atom. The maximum Gasteiger partial charge on any atom is 0.141 e. The van der Waals surface area contributed by atoms with E-state index < -0.39 is 0 Å². The molecule has 1 unspecified atom stereocenters. The van der Waals surface area contributed by atoms with Crippen molar-refractivity contribution in [3.05, 3.63) is 12.2 Å². The molecule has 1 atom stereocenters. The molecule has 1 aromatic heterocycles. The van der Waals surface area contributed by atoms with Crippen LogP contribution in [0.2, 0.25) is 0 Å². The Balaban J connectivity index is 2.05. The molecular weight excluding hydrogens is 216 g/mol. The van der Waals surface area contributed by atoms with Gasteiger partial charge >= 0.3 is 0 Å². The molecule has 3 N–H and O–H groups in total. The van der Waals surface area contributed by atoms with Crippen molar-refractivity contribution in [2.75, 3.05) is 26.2 Å². The summed E-state index contributed by atoms with van der Waals surface area (Å²) < 4.78 is 1.98. The van der Waals surface area contributed by atoms with E-state index in [0.717, 1.165) is 32.0 Å². The van der Waals surface area contributed by atoms with E-state index in [-0.39, 0.29) is 0 Å². The minimum absolute atomic E-state index is 0.353. The first-order chi connectivity index (χ1) is 8.22. The lowest BCUT2D eigenvalue weighted by atomic mass is 10.2. The maximum atomic E-state index is 5.80. The zero-order valence-corrected chi connectivity index (χ0v) is 10.6. The van der Waals surface area contributed by atoms with Crippen molar-refractivity contribution >= 4 is 0 Å². The molecule has 6 heteroatoms. The van der Waals surface area contributed by atoms with Gasteiger partial charge in [0.1, 0.15) is 12.2 Å². The van der Waals surface area contributed by atoms with Gasteiger partial charge in [0.05, 0.1) is 6.54 Å². The number of hydrogen-bond acceptors (Lipinski definition) is 5. The molecule has 0 aromatic carbocycles. The monoisotopic (exact) mass is 238 g/mol. The summed E-state index contributed by atoms with van der Waals surface area (Å²) in [4.78, 5) is 6.74. The van der Waals surface area contributed by atoms with Crippen molar-refractivity contribution in [3.8, 4) is 0 Å². The maximum absolute atomic E-state index is 5.80. The third kappa shape index (κ3) is 2.83. The molecule has 17 heavy (non-hydrogen) atoms. The Hall–Kier alpha value is -0.980. The fourth-order valence-corrected chi connectivity index (χ4v) is 2.24. The molecule has 1 aliphatic rings. The van der Waals surface area contributed by atoms with Crippen LogP contribution in [0, 0.1) is 0 Å². The number of hydrogen-bond donors (Lipinski definition) is 2. The van der Waals surface area contributed by atoms with Crippen molar-refractivity contribution in [2.24, 2.45) is 5.73 Å². The van der Waals surface area contributed by atoms with Crippen LogP contribution in [-0.2, 0) is 6.54 Å². The van der Waals surface area contributed by atoms with E-state index in [0.29, 0.717) is 18.6 Å². The van der Waals surface area contributed by atoms with E-state index in [1.54, 1.807) is 6.33 Å². The molecular formula is C11H22N6. The number of rotatable bonds is 4. The van der Waals surface area contributed by atoms with Gasteiger partial charge in [0.15, 0.2) is 0 Å². The van der Waals surface area contributed by atoms with Gasteiger partial charge in [0, 0.05) is 38.3 Å². The summed E-state index contributed by atoms with van der Waals surface area (Å²) in [5.74, 6) is 1.03. The largest absolute Gasteiger partial charge is 0.329 e. The molecule has 2 heterocycles. The standard InChI is InChI=1S/C11H22N6/c1-9(2)17-11(14-8-15-17)7-16-4-3-13-6-10(16)5-12/h8-10,13H,3-7,12H2,1-2H3. The molecule has 1 saturated heterocycles. The highest BCUT2D eigenvalue weighted by atomic mass is 15.4. The lowest BCUT2D eigenvalue weighted by Crippen LogP contribution is -2.54. The number of nitrogens with one attached hydrogen (secondary N) is 1. The molecule has 0 aliphatic carbocycles. The van der Waals surface area contributed by atoms with Gasteiger partial charge in [0.25, 0.3) is 0 Å². The predicted octanol–water partition coefficient (Wildman–Crippen LogP) is -0.408. The third-order valence-corrected chi connectivity index (χ3v) is 3.23. The summed E-state index contributed by atoms with van der Waals surface area (Å²) >= 11 is 0. The molecule has 0 amide bonds. The Morgan fingerprint density at radius 1 is 1.59 bits per heavy atom. The molecule has 0 saturated carbocycles. The highest BCUT2D eigenvalue weighted by molar-refractivity contribution is 4.90. The predicted molar refractivity (Wildman–Crippen MR) is 66.5 cm³/mol. The summed E-state index contributed by atoms with van der Waals surface area (Å²) in [7, 11) is 0. The topological polar surface area (TPSA) is 72.0 Å². The summed E-state index contributed by atoms with van der Waals surface area (Å²) in [6, 6.07) is 0.757. The van der Waals surface area contributed by atoms with E-state index in [4.69, 9.17) is 5.73 Å². The summed E-state index contributed by atoms with van der Waals surface area (Å²) in [6.07, 6.45) is 1.63. The molecule has 2 rings (SSSR count). The van der Waals surface area contributed by atoms with Crippen LogP contribution in [0.1, 0.15) is 25.7 Å². The highest BCUT2D eigenvalue weighted by Crippen LogP contribution is 2.11. The molecule has 1 aromatic rings. The second-order valence-electron chi connectivity index (χ2n) is 4.78. The normalized spacial score (nSPS) is 22.2. The molecule has 1 aliphatic heterocycles. The molecule has 0 spiro atoms. The number of aromatic nitrogens is 3. The van der Waals surface area contributed by atoms with Crippen molar-refractivity contribution in [1.82, 2.24) is 25.0 Å². The van der Waals surface area contributed by atoms with E-state index in [1.165, 1.54) is 0 Å². The first-order valence-electron chi connectivity index (χ1n) is 6.25. The first-order valence-corrected chi connectivity index (χ1v) is 6.25. The van der Waals surface area contributed by atoms with Gasteiger partial charge in [-0.3, -0.25) is 4.90 Å². The van der Waals surface area contributed by atoms with Gasteiger partial charge in [-0.15, -0.1) is 0 Å². The smallest absolute Gasteiger partial charge is 0.141 e. The van der Waals surface area contributed by atoms with Crippen LogP contribution >= 0.6 is 0 Å². The van der Waals surface area contributed by atoms with Gasteiger partial charge in [-0.05, 0) is 13.8 Å². The average molecular weight is 238 g/mol. The molecule has 1 fully saturated rings. The van der Waals surface area contributed by atoms with Gasteiger partial charge in [-0.1, -0.05) is 0 Å². The SMILES string of the molecule is CC(C)n1ncnc1CN1CCNCC1CN. The number of piperazine rings is 1. The second-order valence-corrected chi connectivity index (χ2v) is 4.78. The minimum Gasteiger partial charge on any atom is -0.329 e. The van der Waals surface area contributed by atoms with Crippen LogP contribution in [0.5, 0.6) is 0 Å². The Labute approximate surface area is 102 Å². The number of nitrogens with zero attached hydrogens (tertiary/aromatic N) is 4. The van der Waals surface area contributed by atoms with Crippen LogP contribution in [0.3, 0.4) is 0 Å². The average Bonchev–Trinajstić information content (AvgIpc) is 2.78. The molecule has 96 valence electrons. The van der Waals surface area contributed by atoms with Crippen molar-refractivity contribution < 1.29 is 0 Å². The van der Waals surface area contributed by atoms with E-state index in [2.05, 4.69) is 34.1 Å². The van der Waals surface area contributed by atoms with E-state index >= 15 is 0 Å². The van der Waals surface area contributed by atoms with Crippen LogP contribution in [0.15, 0.2) is 6.33 Å². The fourth-order valence-electron chi connectivity index (χ4n) is 2.24. The molecule has 0 bridgehead atoms. The lowest BCUT2D eigenvalue weighted by molar-refractivity contribution is 0.150. The summed E-state index contributed by atoms with van der Waals surface area (Å²) in [6.45, 7) is 8.77. The van der Waals surface area contributed by atoms with E-state index in [1.807, 2.05) is 4.68 Å². The van der Waals surface area contributed by atoms with Crippen molar-refractivity contribution in [2.45, 2.75) is 32.5 Å². The summed E-state index contributed by atoms with van der Waals surface area (Å²) in [5, 5.41) is 7.63. The minimum atomic E-state index is 0.353. The van der Waals surface area contributed by atoms with Gasteiger partial charge in [-0.25, -0.2) is 9.67 Å². The quantitative estimate of drug-likeness (QED) is 0.746. The van der Waals surface area contributed by atoms with Gasteiger partial charge in [0.2, 0.25) is 0 Å². The Kier molecular flexibility index (Phi) is 4.09. The highest BCUT2D eigenvalue weighted by Gasteiger charge is 2.22. The van der Waals surface area contributed by atoms with Crippen LogP contribution < -0.4 is 11.1 Å². The lowest BCUT2D eigenvalue weighted by Gasteiger charge is -2.35. The Morgan fingerprint density at radius 3 is 3.12 bits per heavy atom. The summed E-state index contributed by atoms with van der Waals surface area (Å²) in [5.41, 5.74) is 5.80. The van der Waals surface area contributed by atoms with Gasteiger partial charge < -0.3 is 11.1 Å².